The Morgan fingerprint density at radius 3 is 2.29 bits per heavy atom. The summed E-state index contributed by atoms with van der Waals surface area (Å²) in [5.41, 5.74) is 2.66. The van der Waals surface area contributed by atoms with E-state index < -0.39 is 0 Å². The Bertz CT molecular complexity index is 594. The van der Waals surface area contributed by atoms with Crippen LogP contribution in [0, 0.1) is 5.41 Å². The van der Waals surface area contributed by atoms with E-state index in [9.17, 15) is 0 Å². The molecule has 0 amide bonds. The van der Waals surface area contributed by atoms with E-state index in [-0.39, 0.29) is 5.41 Å². The number of ether oxygens (including phenoxy) is 1. The van der Waals surface area contributed by atoms with Gasteiger partial charge in [-0.2, -0.15) is 0 Å². The first kappa shape index (κ1) is 18.4. The summed E-state index contributed by atoms with van der Waals surface area (Å²) >= 11 is 0. The van der Waals surface area contributed by atoms with E-state index in [4.69, 9.17) is 4.74 Å². The molecule has 4 nitrogen and oxygen atoms in total. The van der Waals surface area contributed by atoms with Crippen molar-refractivity contribution in [2.24, 2.45) is 5.41 Å². The normalized spacial score (nSPS) is 11.7. The van der Waals surface area contributed by atoms with Crippen LogP contribution in [0.3, 0.4) is 0 Å². The van der Waals surface area contributed by atoms with Crippen molar-refractivity contribution in [2.45, 2.75) is 27.0 Å². The first-order chi connectivity index (χ1) is 11.4. The highest BCUT2D eigenvalue weighted by Gasteiger charge is 2.17. The van der Waals surface area contributed by atoms with Crippen molar-refractivity contribution in [1.29, 1.82) is 0 Å². The lowest BCUT2D eigenvalue weighted by atomic mass is 9.93. The molecule has 4 heteroatoms. The summed E-state index contributed by atoms with van der Waals surface area (Å²) in [5, 5.41) is 3.55. The molecule has 130 valence electrons. The van der Waals surface area contributed by atoms with E-state index in [0.29, 0.717) is 6.61 Å². The van der Waals surface area contributed by atoms with Crippen molar-refractivity contribution in [1.82, 2.24) is 15.2 Å². The third-order valence-corrected chi connectivity index (χ3v) is 3.76. The monoisotopic (exact) mass is 327 g/mol. The van der Waals surface area contributed by atoms with Gasteiger partial charge in [-0.3, -0.25) is 4.98 Å². The molecule has 0 saturated carbocycles. The zero-order valence-electron chi connectivity index (χ0n) is 15.2. The minimum Gasteiger partial charge on any atom is -0.489 e. The van der Waals surface area contributed by atoms with Gasteiger partial charge in [-0.05, 0) is 54.9 Å². The first-order valence-electron chi connectivity index (χ1n) is 8.41. The Balaban J connectivity index is 1.76. The zero-order chi connectivity index (χ0) is 17.4. The first-order valence-corrected chi connectivity index (χ1v) is 8.41. The van der Waals surface area contributed by atoms with E-state index >= 15 is 0 Å². The van der Waals surface area contributed by atoms with Crippen LogP contribution in [0.4, 0.5) is 0 Å². The molecule has 0 spiro atoms. The summed E-state index contributed by atoms with van der Waals surface area (Å²) in [4.78, 5) is 6.24. The molecule has 0 saturated heterocycles. The molecular weight excluding hydrogens is 298 g/mol. The molecule has 24 heavy (non-hydrogen) atoms. The highest BCUT2D eigenvalue weighted by Crippen LogP contribution is 2.16. The zero-order valence-corrected chi connectivity index (χ0v) is 15.2. The Morgan fingerprint density at radius 1 is 1.00 bits per heavy atom. The van der Waals surface area contributed by atoms with Crippen LogP contribution in [-0.2, 0) is 13.2 Å². The molecule has 0 atom stereocenters. The summed E-state index contributed by atoms with van der Waals surface area (Å²) in [6, 6.07) is 12.2. The van der Waals surface area contributed by atoms with E-state index in [2.05, 4.69) is 55.3 Å². The summed E-state index contributed by atoms with van der Waals surface area (Å²) in [6.07, 6.45) is 3.57. The fourth-order valence-electron chi connectivity index (χ4n) is 2.81. The lowest BCUT2D eigenvalue weighted by Crippen LogP contribution is -2.37. The molecule has 2 rings (SSSR count). The van der Waals surface area contributed by atoms with Crippen molar-refractivity contribution in [3.8, 4) is 5.75 Å². The molecule has 0 radical (unpaired) electrons. The average molecular weight is 327 g/mol. The second-order valence-corrected chi connectivity index (χ2v) is 7.29. The van der Waals surface area contributed by atoms with Crippen molar-refractivity contribution >= 4 is 0 Å². The number of benzene rings is 1. The molecule has 0 bridgehead atoms. The molecule has 2 aromatic rings. The molecule has 0 aliphatic heterocycles. The minimum absolute atomic E-state index is 0.261. The highest BCUT2D eigenvalue weighted by molar-refractivity contribution is 5.27. The van der Waals surface area contributed by atoms with Gasteiger partial charge in [0.05, 0.1) is 0 Å². The number of pyridine rings is 1. The lowest BCUT2D eigenvalue weighted by Gasteiger charge is -2.28. The van der Waals surface area contributed by atoms with Crippen LogP contribution in [-0.4, -0.2) is 37.1 Å². The smallest absolute Gasteiger partial charge is 0.119 e. The van der Waals surface area contributed by atoms with Crippen LogP contribution < -0.4 is 10.1 Å². The molecule has 0 aliphatic carbocycles. The fraction of sp³-hybridized carbons (Fsp3) is 0.450. The molecule has 0 unspecified atom stereocenters. The second-order valence-electron chi connectivity index (χ2n) is 7.29. The second kappa shape index (κ2) is 8.81. The Hall–Kier alpha value is -1.91. The van der Waals surface area contributed by atoms with Crippen molar-refractivity contribution in [3.63, 3.8) is 0 Å². The van der Waals surface area contributed by atoms with E-state index in [1.165, 1.54) is 5.56 Å². The number of aromatic nitrogens is 1. The van der Waals surface area contributed by atoms with Gasteiger partial charge in [-0.1, -0.05) is 26.0 Å². The summed E-state index contributed by atoms with van der Waals surface area (Å²) in [6.45, 7) is 8.08. The van der Waals surface area contributed by atoms with Crippen molar-refractivity contribution in [2.75, 3.05) is 27.2 Å². The number of hydrogen-bond acceptors (Lipinski definition) is 4. The molecule has 1 heterocycles. The maximum atomic E-state index is 5.80. The SMILES string of the molecule is CN(C)CC(C)(C)CNCc1ccc(OCc2ccncc2)cc1. The maximum absolute atomic E-state index is 5.80. The number of hydrogen-bond donors (Lipinski definition) is 1. The van der Waals surface area contributed by atoms with Gasteiger partial charge < -0.3 is 15.0 Å². The molecule has 1 N–H and O–H groups in total. The summed E-state index contributed by atoms with van der Waals surface area (Å²) in [7, 11) is 4.23. The van der Waals surface area contributed by atoms with E-state index in [1.807, 2.05) is 24.3 Å². The molecular formula is C20H29N3O. The highest BCUT2D eigenvalue weighted by atomic mass is 16.5. The van der Waals surface area contributed by atoms with Crippen LogP contribution in [0.1, 0.15) is 25.0 Å². The minimum atomic E-state index is 0.261. The maximum Gasteiger partial charge on any atom is 0.119 e. The van der Waals surface area contributed by atoms with E-state index in [0.717, 1.165) is 30.9 Å². The van der Waals surface area contributed by atoms with Crippen molar-refractivity contribution in [3.05, 3.63) is 59.9 Å². The van der Waals surface area contributed by atoms with Gasteiger partial charge in [0.1, 0.15) is 12.4 Å². The lowest BCUT2D eigenvalue weighted by molar-refractivity contribution is 0.232. The Kier molecular flexibility index (Phi) is 6.76. The van der Waals surface area contributed by atoms with Gasteiger partial charge >= 0.3 is 0 Å². The Morgan fingerprint density at radius 2 is 1.67 bits per heavy atom. The largest absolute Gasteiger partial charge is 0.489 e. The van der Waals surface area contributed by atoms with Crippen LogP contribution in [0.15, 0.2) is 48.8 Å². The quantitative estimate of drug-likeness (QED) is 0.766. The van der Waals surface area contributed by atoms with Gasteiger partial charge in [-0.25, -0.2) is 0 Å². The van der Waals surface area contributed by atoms with Crippen LogP contribution in [0.25, 0.3) is 0 Å². The molecule has 1 aromatic carbocycles. The molecule has 0 aliphatic rings. The van der Waals surface area contributed by atoms with Crippen LogP contribution in [0.2, 0.25) is 0 Å². The Labute approximate surface area is 145 Å². The van der Waals surface area contributed by atoms with Gasteiger partial charge in [0.25, 0.3) is 0 Å². The van der Waals surface area contributed by atoms with Gasteiger partial charge in [-0.15, -0.1) is 0 Å². The topological polar surface area (TPSA) is 37.4 Å². The molecule has 0 fully saturated rings. The summed E-state index contributed by atoms with van der Waals surface area (Å²) in [5.74, 6) is 0.892. The summed E-state index contributed by atoms with van der Waals surface area (Å²) < 4.78 is 5.80. The third kappa shape index (κ3) is 6.69. The number of nitrogens with one attached hydrogen (secondary N) is 1. The van der Waals surface area contributed by atoms with Crippen LogP contribution >= 0.6 is 0 Å². The predicted octanol–water partition coefficient (Wildman–Crippen LogP) is 3.34. The average Bonchev–Trinajstić information content (AvgIpc) is 2.54. The number of nitrogens with zero attached hydrogens (tertiary/aromatic N) is 2. The standard InChI is InChI=1S/C20H29N3O/c1-20(2,16-23(3)4)15-22-13-17-5-7-19(8-6-17)24-14-18-9-11-21-12-10-18/h5-12,22H,13-16H2,1-4H3. The molecule has 1 aromatic heterocycles. The van der Waals surface area contributed by atoms with Crippen molar-refractivity contribution < 1.29 is 4.74 Å². The van der Waals surface area contributed by atoms with Gasteiger partial charge in [0.15, 0.2) is 0 Å². The van der Waals surface area contributed by atoms with Gasteiger partial charge in [0, 0.05) is 32.0 Å². The van der Waals surface area contributed by atoms with Crippen LogP contribution in [0.5, 0.6) is 5.75 Å². The van der Waals surface area contributed by atoms with E-state index in [1.54, 1.807) is 12.4 Å². The van der Waals surface area contributed by atoms with Gasteiger partial charge in [0.2, 0.25) is 0 Å². The fourth-order valence-corrected chi connectivity index (χ4v) is 2.81. The predicted molar refractivity (Wildman–Crippen MR) is 99.1 cm³/mol. The third-order valence-electron chi connectivity index (χ3n) is 3.76. The number of rotatable bonds is 9.